The summed E-state index contributed by atoms with van der Waals surface area (Å²) in [4.78, 5) is 21.1. The molecular weight excluding hydrogens is 431 g/mol. The first kappa shape index (κ1) is 22.3. The van der Waals surface area contributed by atoms with E-state index in [1.165, 1.54) is 21.3 Å². The van der Waals surface area contributed by atoms with E-state index in [-0.39, 0.29) is 0 Å². The maximum Gasteiger partial charge on any atom is 0.490 e. The molecule has 0 radical (unpaired) electrons. The number of carboxylic acid groups (broad SMARTS) is 1. The second-order valence-corrected chi connectivity index (χ2v) is 7.71. The number of alkyl halides is 3. The normalized spacial score (nSPS) is 11.4. The molecule has 4 aromatic rings. The van der Waals surface area contributed by atoms with Gasteiger partial charge in [-0.1, -0.05) is 6.07 Å². The Bertz CT molecular complexity index is 1230. The summed E-state index contributed by atoms with van der Waals surface area (Å²) in [6.45, 7) is 3.08. The van der Waals surface area contributed by atoms with Crippen LogP contribution >= 0.6 is 11.3 Å². The van der Waals surface area contributed by atoms with Gasteiger partial charge in [0.1, 0.15) is 5.82 Å². The predicted molar refractivity (Wildman–Crippen MR) is 116 cm³/mol. The number of aliphatic carboxylic acids is 1. The van der Waals surface area contributed by atoms with Gasteiger partial charge in [-0.3, -0.25) is 0 Å². The molecule has 0 atom stereocenters. The fourth-order valence-corrected chi connectivity index (χ4v) is 3.98. The fraction of sp³-hybridized carbons (Fsp3) is 0.250. The van der Waals surface area contributed by atoms with E-state index in [2.05, 4.69) is 57.3 Å². The zero-order chi connectivity index (χ0) is 22.9. The Kier molecular flexibility index (Phi) is 6.07. The molecule has 0 bridgehead atoms. The molecule has 0 aliphatic rings. The van der Waals surface area contributed by atoms with Gasteiger partial charge in [0.15, 0.2) is 0 Å². The molecule has 1 aromatic carbocycles. The average molecular weight is 451 g/mol. The predicted octanol–water partition coefficient (Wildman–Crippen LogP) is 4.61. The second kappa shape index (κ2) is 8.42. The van der Waals surface area contributed by atoms with Crippen molar-refractivity contribution in [3.8, 4) is 10.4 Å². The Morgan fingerprint density at radius 2 is 1.97 bits per heavy atom. The van der Waals surface area contributed by atoms with Crippen LogP contribution in [0.25, 0.3) is 32.2 Å². The molecule has 164 valence electrons. The highest BCUT2D eigenvalue weighted by Gasteiger charge is 2.38. The van der Waals surface area contributed by atoms with Crippen LogP contribution in [0.2, 0.25) is 0 Å². The molecule has 0 saturated carbocycles. The maximum atomic E-state index is 10.6. The van der Waals surface area contributed by atoms with Crippen LogP contribution in [0, 0.1) is 0 Å². The van der Waals surface area contributed by atoms with E-state index in [9.17, 15) is 13.2 Å². The minimum Gasteiger partial charge on any atom is -0.475 e. The standard InChI is InChI=1S/C18H19N5S.C2HF3O2/c1-4-23-8-7-11-15-13(20-18(19)21-17(15)22(2)3)10-12(16(11)23)14-6-5-9-24-14;3-2(4,5)1(6)7/h5-10H,4H2,1-3H3,(H2,19,20,21);(H,6,7). The highest BCUT2D eigenvalue weighted by Crippen LogP contribution is 2.39. The number of carbonyl (C=O) groups is 1. The van der Waals surface area contributed by atoms with Gasteiger partial charge in [-0.15, -0.1) is 11.3 Å². The largest absolute Gasteiger partial charge is 0.490 e. The van der Waals surface area contributed by atoms with Gasteiger partial charge in [-0.05, 0) is 30.5 Å². The van der Waals surface area contributed by atoms with Gasteiger partial charge in [0.25, 0.3) is 0 Å². The molecule has 11 heteroatoms. The molecule has 0 unspecified atom stereocenters. The molecular formula is C20H20F3N5O2S. The van der Waals surface area contributed by atoms with Crippen molar-refractivity contribution in [2.45, 2.75) is 19.6 Å². The maximum absolute atomic E-state index is 10.6. The lowest BCUT2D eigenvalue weighted by atomic mass is 10.0. The van der Waals surface area contributed by atoms with E-state index < -0.39 is 12.1 Å². The Hall–Kier alpha value is -3.34. The molecule has 0 aliphatic carbocycles. The van der Waals surface area contributed by atoms with Gasteiger partial charge in [-0.2, -0.15) is 18.2 Å². The number of halogens is 3. The first-order valence-corrected chi connectivity index (χ1v) is 10.0. The Labute approximate surface area is 179 Å². The number of nitrogen functional groups attached to an aromatic ring is 1. The van der Waals surface area contributed by atoms with Gasteiger partial charge < -0.3 is 20.3 Å². The van der Waals surface area contributed by atoms with E-state index in [0.29, 0.717) is 5.95 Å². The molecule has 3 aromatic heterocycles. The lowest BCUT2D eigenvalue weighted by Crippen LogP contribution is -2.21. The molecule has 3 N–H and O–H groups in total. The molecule has 0 fully saturated rings. The summed E-state index contributed by atoms with van der Waals surface area (Å²) in [5.41, 5.74) is 9.26. The highest BCUT2D eigenvalue weighted by atomic mass is 32.1. The molecule has 31 heavy (non-hydrogen) atoms. The van der Waals surface area contributed by atoms with E-state index in [1.807, 2.05) is 19.0 Å². The van der Waals surface area contributed by atoms with Crippen molar-refractivity contribution >= 4 is 50.9 Å². The highest BCUT2D eigenvalue weighted by molar-refractivity contribution is 7.13. The Morgan fingerprint density at radius 3 is 2.48 bits per heavy atom. The topological polar surface area (TPSA) is 97.3 Å². The van der Waals surface area contributed by atoms with Gasteiger partial charge in [-0.25, -0.2) is 9.78 Å². The van der Waals surface area contributed by atoms with Crippen molar-refractivity contribution in [1.82, 2.24) is 14.5 Å². The van der Waals surface area contributed by atoms with Crippen LogP contribution in [0.1, 0.15) is 6.92 Å². The summed E-state index contributed by atoms with van der Waals surface area (Å²) < 4.78 is 34.0. The summed E-state index contributed by atoms with van der Waals surface area (Å²) in [6.07, 6.45) is -2.95. The third-order valence-corrected chi connectivity index (χ3v) is 5.40. The number of aryl methyl sites for hydroxylation is 1. The monoisotopic (exact) mass is 451 g/mol. The van der Waals surface area contributed by atoms with Gasteiger partial charge in [0.2, 0.25) is 5.95 Å². The Morgan fingerprint density at radius 1 is 1.29 bits per heavy atom. The smallest absolute Gasteiger partial charge is 0.475 e. The minimum absolute atomic E-state index is 0.303. The lowest BCUT2D eigenvalue weighted by molar-refractivity contribution is -0.192. The zero-order valence-corrected chi connectivity index (χ0v) is 17.8. The van der Waals surface area contributed by atoms with E-state index in [4.69, 9.17) is 15.6 Å². The number of hydrogen-bond acceptors (Lipinski definition) is 6. The quantitative estimate of drug-likeness (QED) is 0.472. The van der Waals surface area contributed by atoms with Gasteiger partial charge >= 0.3 is 12.1 Å². The summed E-state index contributed by atoms with van der Waals surface area (Å²) in [6, 6.07) is 8.52. The van der Waals surface area contributed by atoms with Crippen molar-refractivity contribution in [2.75, 3.05) is 24.7 Å². The van der Waals surface area contributed by atoms with Gasteiger partial charge in [0, 0.05) is 42.7 Å². The minimum atomic E-state index is -5.08. The van der Waals surface area contributed by atoms with Gasteiger partial charge in [0.05, 0.1) is 16.4 Å². The molecule has 0 spiro atoms. The van der Waals surface area contributed by atoms with Crippen molar-refractivity contribution in [3.05, 3.63) is 35.8 Å². The molecule has 0 amide bonds. The van der Waals surface area contributed by atoms with Crippen molar-refractivity contribution in [1.29, 1.82) is 0 Å². The van der Waals surface area contributed by atoms with Crippen LogP contribution in [0.5, 0.6) is 0 Å². The van der Waals surface area contributed by atoms with Crippen LogP contribution in [0.4, 0.5) is 24.9 Å². The number of nitrogens with two attached hydrogens (primary N) is 1. The average Bonchev–Trinajstić information content (AvgIpc) is 3.36. The van der Waals surface area contributed by atoms with Crippen LogP contribution < -0.4 is 10.6 Å². The molecule has 4 rings (SSSR count). The van der Waals surface area contributed by atoms with Crippen molar-refractivity contribution < 1.29 is 23.1 Å². The molecule has 7 nitrogen and oxygen atoms in total. The van der Waals surface area contributed by atoms with E-state index in [1.54, 1.807) is 11.3 Å². The number of anilines is 2. The number of rotatable bonds is 3. The van der Waals surface area contributed by atoms with E-state index in [0.717, 1.165) is 23.3 Å². The number of fused-ring (bicyclic) bond motifs is 3. The molecule has 3 heterocycles. The second-order valence-electron chi connectivity index (χ2n) is 6.76. The van der Waals surface area contributed by atoms with Crippen LogP contribution in [-0.2, 0) is 11.3 Å². The van der Waals surface area contributed by atoms with Crippen molar-refractivity contribution in [3.63, 3.8) is 0 Å². The van der Waals surface area contributed by atoms with Crippen LogP contribution in [0.3, 0.4) is 0 Å². The van der Waals surface area contributed by atoms with E-state index >= 15 is 0 Å². The first-order valence-electron chi connectivity index (χ1n) is 9.15. The third kappa shape index (κ3) is 4.41. The molecule has 0 aliphatic heterocycles. The summed E-state index contributed by atoms with van der Waals surface area (Å²) in [5, 5.41) is 11.4. The number of hydrogen-bond donors (Lipinski definition) is 2. The summed E-state index contributed by atoms with van der Waals surface area (Å²) >= 11 is 1.74. The zero-order valence-electron chi connectivity index (χ0n) is 16.9. The third-order valence-electron chi connectivity index (χ3n) is 4.50. The molecule has 0 saturated heterocycles. The Balaban J connectivity index is 0.000000339. The number of thiophene rings is 1. The summed E-state index contributed by atoms with van der Waals surface area (Å²) in [5.74, 6) is -1.60. The summed E-state index contributed by atoms with van der Waals surface area (Å²) in [7, 11) is 3.97. The fourth-order valence-electron chi connectivity index (χ4n) is 3.23. The first-order chi connectivity index (χ1) is 14.5. The lowest BCUT2D eigenvalue weighted by Gasteiger charge is -2.17. The van der Waals surface area contributed by atoms with Crippen LogP contribution in [-0.4, -0.2) is 45.9 Å². The van der Waals surface area contributed by atoms with Crippen molar-refractivity contribution in [2.24, 2.45) is 0 Å². The number of aromatic nitrogens is 3. The van der Waals surface area contributed by atoms with Crippen LogP contribution in [0.15, 0.2) is 35.8 Å². The number of carboxylic acids is 1. The number of nitrogens with zero attached hydrogens (tertiary/aromatic N) is 4. The SMILES string of the molecule is CCn1ccc2c3c(N(C)C)nc(N)nc3cc(-c3cccs3)c21.O=C(O)C(F)(F)F. The number of benzene rings is 1.